The molecule has 2 heterocycles. The largest absolute Gasteiger partial charge is 0.322 e. The minimum atomic E-state index is -0.213. The highest BCUT2D eigenvalue weighted by molar-refractivity contribution is 7.22. The number of nitrogens with one attached hydrogen (secondary N) is 2. The highest BCUT2D eigenvalue weighted by Crippen LogP contribution is 2.28. The first-order valence-electron chi connectivity index (χ1n) is 9.04. The van der Waals surface area contributed by atoms with E-state index in [0.29, 0.717) is 22.8 Å². The van der Waals surface area contributed by atoms with Gasteiger partial charge in [-0.25, -0.2) is 4.98 Å². The van der Waals surface area contributed by atoms with E-state index in [9.17, 15) is 9.59 Å². The zero-order valence-electron chi connectivity index (χ0n) is 16.0. The van der Waals surface area contributed by atoms with Crippen LogP contribution in [0, 0.1) is 0 Å². The Morgan fingerprint density at radius 1 is 1.10 bits per heavy atom. The van der Waals surface area contributed by atoms with Crippen LogP contribution < -0.4 is 10.6 Å². The average molecular weight is 405 g/mol. The van der Waals surface area contributed by atoms with Gasteiger partial charge in [0.25, 0.3) is 5.91 Å². The Bertz CT molecular complexity index is 1200. The van der Waals surface area contributed by atoms with Crippen molar-refractivity contribution in [2.45, 2.75) is 13.3 Å². The molecule has 0 unspecified atom stereocenters. The van der Waals surface area contributed by atoms with Gasteiger partial charge in [-0.05, 0) is 23.8 Å². The summed E-state index contributed by atoms with van der Waals surface area (Å²) in [6.07, 6.45) is 2.21. The first-order chi connectivity index (χ1) is 14.0. The number of carbonyl (C=O) groups is 2. The SMILES string of the molecule is CC(=O)Nc1nc2ccc(NC(=O)c3cnn(C)c3Cc3ccccc3)cc2s1. The first kappa shape index (κ1) is 18.8. The summed E-state index contributed by atoms with van der Waals surface area (Å²) in [7, 11) is 1.84. The molecule has 0 bridgehead atoms. The Kier molecular flexibility index (Phi) is 5.09. The molecular formula is C21H19N5O2S. The molecule has 2 aromatic carbocycles. The van der Waals surface area contributed by atoms with Gasteiger partial charge in [0.15, 0.2) is 5.13 Å². The second kappa shape index (κ2) is 7.84. The summed E-state index contributed by atoms with van der Waals surface area (Å²) in [5, 5.41) is 10.4. The van der Waals surface area contributed by atoms with Crippen LogP contribution in [0.4, 0.5) is 10.8 Å². The molecule has 8 heteroatoms. The molecule has 2 aromatic heterocycles. The number of benzene rings is 2. The minimum Gasteiger partial charge on any atom is -0.322 e. The lowest BCUT2D eigenvalue weighted by molar-refractivity contribution is -0.114. The predicted octanol–water partition coefficient (Wildman–Crippen LogP) is 3.83. The number of aryl methyl sites for hydroxylation is 1. The molecule has 0 saturated heterocycles. The monoisotopic (exact) mass is 405 g/mol. The Morgan fingerprint density at radius 3 is 2.66 bits per heavy atom. The normalized spacial score (nSPS) is 10.8. The zero-order chi connectivity index (χ0) is 20.4. The number of nitrogens with zero attached hydrogens (tertiary/aromatic N) is 3. The number of amides is 2. The zero-order valence-corrected chi connectivity index (χ0v) is 16.8. The first-order valence-corrected chi connectivity index (χ1v) is 9.85. The third-order valence-electron chi connectivity index (χ3n) is 4.45. The lowest BCUT2D eigenvalue weighted by Gasteiger charge is -2.08. The van der Waals surface area contributed by atoms with E-state index in [-0.39, 0.29) is 11.8 Å². The second-order valence-corrected chi connectivity index (χ2v) is 7.66. The van der Waals surface area contributed by atoms with E-state index in [0.717, 1.165) is 21.5 Å². The summed E-state index contributed by atoms with van der Waals surface area (Å²) in [6.45, 7) is 1.44. The van der Waals surface area contributed by atoms with E-state index in [4.69, 9.17) is 0 Å². The van der Waals surface area contributed by atoms with Crippen molar-refractivity contribution in [3.8, 4) is 0 Å². The molecule has 0 fully saturated rings. The van der Waals surface area contributed by atoms with Crippen molar-refractivity contribution in [3.05, 3.63) is 71.5 Å². The van der Waals surface area contributed by atoms with Crippen LogP contribution in [-0.4, -0.2) is 26.6 Å². The van der Waals surface area contributed by atoms with Crippen LogP contribution in [0.2, 0.25) is 0 Å². The lowest BCUT2D eigenvalue weighted by Crippen LogP contribution is -2.14. The van der Waals surface area contributed by atoms with Crippen LogP contribution >= 0.6 is 11.3 Å². The summed E-state index contributed by atoms with van der Waals surface area (Å²) >= 11 is 1.36. The van der Waals surface area contributed by atoms with Crippen molar-refractivity contribution in [3.63, 3.8) is 0 Å². The van der Waals surface area contributed by atoms with Crippen LogP contribution in [0.25, 0.3) is 10.2 Å². The Morgan fingerprint density at radius 2 is 1.90 bits per heavy atom. The van der Waals surface area contributed by atoms with Gasteiger partial charge in [0.1, 0.15) is 0 Å². The van der Waals surface area contributed by atoms with Gasteiger partial charge in [-0.3, -0.25) is 14.3 Å². The summed E-state index contributed by atoms with van der Waals surface area (Å²) in [5.74, 6) is -0.380. The average Bonchev–Trinajstić information content (AvgIpc) is 3.25. The number of aromatic nitrogens is 3. The molecule has 0 radical (unpaired) electrons. The lowest BCUT2D eigenvalue weighted by atomic mass is 10.1. The van der Waals surface area contributed by atoms with Crippen LogP contribution in [-0.2, 0) is 18.3 Å². The summed E-state index contributed by atoms with van der Waals surface area (Å²) in [5.41, 5.74) is 3.93. The molecule has 146 valence electrons. The number of thiazole rings is 1. The number of hydrogen-bond donors (Lipinski definition) is 2. The summed E-state index contributed by atoms with van der Waals surface area (Å²) in [4.78, 5) is 28.5. The van der Waals surface area contributed by atoms with Gasteiger partial charge >= 0.3 is 0 Å². The number of carbonyl (C=O) groups excluding carboxylic acids is 2. The van der Waals surface area contributed by atoms with Crippen molar-refractivity contribution in [2.75, 3.05) is 10.6 Å². The van der Waals surface area contributed by atoms with Gasteiger partial charge in [-0.2, -0.15) is 5.10 Å². The van der Waals surface area contributed by atoms with E-state index in [1.165, 1.54) is 18.3 Å². The fourth-order valence-electron chi connectivity index (χ4n) is 3.06. The molecule has 0 aliphatic heterocycles. The smallest absolute Gasteiger partial charge is 0.259 e. The molecule has 0 atom stereocenters. The van der Waals surface area contributed by atoms with Gasteiger partial charge < -0.3 is 10.6 Å². The van der Waals surface area contributed by atoms with Gasteiger partial charge in [-0.15, -0.1) is 0 Å². The minimum absolute atomic E-state index is 0.167. The maximum absolute atomic E-state index is 12.9. The van der Waals surface area contributed by atoms with E-state index in [2.05, 4.69) is 20.7 Å². The Labute approximate surface area is 171 Å². The van der Waals surface area contributed by atoms with E-state index in [1.807, 2.05) is 49.5 Å². The summed E-state index contributed by atoms with van der Waals surface area (Å²) in [6, 6.07) is 15.4. The topological polar surface area (TPSA) is 88.9 Å². The quantitative estimate of drug-likeness (QED) is 0.528. The maximum Gasteiger partial charge on any atom is 0.259 e. The molecule has 0 aliphatic carbocycles. The Balaban J connectivity index is 1.56. The number of anilines is 2. The molecule has 0 aliphatic rings. The molecule has 0 spiro atoms. The van der Waals surface area contributed by atoms with Crippen molar-refractivity contribution in [1.29, 1.82) is 0 Å². The molecule has 2 N–H and O–H groups in total. The van der Waals surface area contributed by atoms with Crippen LogP contribution in [0.3, 0.4) is 0 Å². The van der Waals surface area contributed by atoms with Crippen molar-refractivity contribution in [2.24, 2.45) is 7.05 Å². The van der Waals surface area contributed by atoms with Crippen molar-refractivity contribution >= 4 is 44.2 Å². The molecule has 29 heavy (non-hydrogen) atoms. The molecule has 7 nitrogen and oxygen atoms in total. The highest BCUT2D eigenvalue weighted by atomic mass is 32.1. The second-order valence-electron chi connectivity index (χ2n) is 6.63. The molecular weight excluding hydrogens is 386 g/mol. The Hall–Kier alpha value is -3.52. The van der Waals surface area contributed by atoms with Gasteiger partial charge in [0.05, 0.1) is 27.7 Å². The fourth-order valence-corrected chi connectivity index (χ4v) is 4.01. The standard InChI is InChI=1S/C21H19N5O2S/c1-13(27)23-21-25-17-9-8-15(11-19(17)29-21)24-20(28)16-12-22-26(2)18(16)10-14-6-4-3-5-7-14/h3-9,11-12H,10H2,1-2H3,(H,24,28)(H,23,25,27). The fraction of sp³-hybridized carbons (Fsp3) is 0.143. The number of rotatable bonds is 5. The van der Waals surface area contributed by atoms with Gasteiger partial charge in [0, 0.05) is 26.1 Å². The molecule has 4 rings (SSSR count). The highest BCUT2D eigenvalue weighted by Gasteiger charge is 2.17. The van der Waals surface area contributed by atoms with Crippen molar-refractivity contribution < 1.29 is 9.59 Å². The van der Waals surface area contributed by atoms with Crippen LogP contribution in [0.5, 0.6) is 0 Å². The number of hydrogen-bond acceptors (Lipinski definition) is 5. The van der Waals surface area contributed by atoms with Crippen molar-refractivity contribution in [1.82, 2.24) is 14.8 Å². The number of fused-ring (bicyclic) bond motifs is 1. The van der Waals surface area contributed by atoms with E-state index in [1.54, 1.807) is 16.9 Å². The van der Waals surface area contributed by atoms with Gasteiger partial charge in [-0.1, -0.05) is 41.7 Å². The third-order valence-corrected chi connectivity index (χ3v) is 5.38. The van der Waals surface area contributed by atoms with E-state index >= 15 is 0 Å². The molecule has 0 saturated carbocycles. The third kappa shape index (κ3) is 4.17. The van der Waals surface area contributed by atoms with Crippen LogP contribution in [0.15, 0.2) is 54.7 Å². The summed E-state index contributed by atoms with van der Waals surface area (Å²) < 4.78 is 2.61. The maximum atomic E-state index is 12.9. The molecule has 2 amide bonds. The van der Waals surface area contributed by atoms with Gasteiger partial charge in [0.2, 0.25) is 5.91 Å². The molecule has 4 aromatic rings. The van der Waals surface area contributed by atoms with Crippen LogP contribution in [0.1, 0.15) is 28.5 Å². The van der Waals surface area contributed by atoms with E-state index < -0.39 is 0 Å². The predicted molar refractivity (Wildman–Crippen MR) is 114 cm³/mol.